The van der Waals surface area contributed by atoms with Gasteiger partial charge in [0.05, 0.1) is 5.60 Å². The van der Waals surface area contributed by atoms with E-state index in [1.165, 1.54) is 70.9 Å². The predicted octanol–water partition coefficient (Wildman–Crippen LogP) is 2.30. The summed E-state index contributed by atoms with van der Waals surface area (Å²) in [5, 5.41) is 3.99. The molecule has 3 unspecified atom stereocenters. The van der Waals surface area contributed by atoms with Crippen LogP contribution in [0.2, 0.25) is 0 Å². The summed E-state index contributed by atoms with van der Waals surface area (Å²) in [6.07, 6.45) is 12.1. The molecular formula is C16H28N2O. The van der Waals surface area contributed by atoms with Crippen molar-refractivity contribution in [3.8, 4) is 0 Å². The van der Waals surface area contributed by atoms with Crippen molar-refractivity contribution in [3.63, 3.8) is 0 Å². The monoisotopic (exact) mass is 264 g/mol. The second-order valence-corrected chi connectivity index (χ2v) is 7.29. The first-order valence-electron chi connectivity index (χ1n) is 8.47. The molecule has 0 amide bonds. The zero-order chi connectivity index (χ0) is 12.7. The third-order valence-electron chi connectivity index (χ3n) is 6.05. The Balaban J connectivity index is 1.31. The first-order chi connectivity index (χ1) is 9.33. The van der Waals surface area contributed by atoms with Gasteiger partial charge in [0.15, 0.2) is 0 Å². The van der Waals surface area contributed by atoms with Gasteiger partial charge in [-0.05, 0) is 70.9 Å². The van der Waals surface area contributed by atoms with Gasteiger partial charge < -0.3 is 15.0 Å². The summed E-state index contributed by atoms with van der Waals surface area (Å²) in [6.45, 7) is 3.68. The van der Waals surface area contributed by atoms with Gasteiger partial charge in [0.1, 0.15) is 0 Å². The minimum Gasteiger partial charge on any atom is -0.375 e. The zero-order valence-corrected chi connectivity index (χ0v) is 12.1. The SMILES string of the molecule is C1CC2CC(NC3CCOC4(CCC4)C3)CCN2C1. The maximum atomic E-state index is 6.04. The van der Waals surface area contributed by atoms with Crippen LogP contribution in [0.25, 0.3) is 0 Å². The summed E-state index contributed by atoms with van der Waals surface area (Å²) >= 11 is 0. The third-order valence-corrected chi connectivity index (χ3v) is 6.05. The fourth-order valence-corrected chi connectivity index (χ4v) is 4.80. The first kappa shape index (κ1) is 12.6. The molecule has 3 atom stereocenters. The Morgan fingerprint density at radius 1 is 1.00 bits per heavy atom. The van der Waals surface area contributed by atoms with Crippen molar-refractivity contribution in [2.45, 2.75) is 81.5 Å². The maximum Gasteiger partial charge on any atom is 0.0697 e. The van der Waals surface area contributed by atoms with Crippen molar-refractivity contribution >= 4 is 0 Å². The highest BCUT2D eigenvalue weighted by atomic mass is 16.5. The van der Waals surface area contributed by atoms with Crippen LogP contribution < -0.4 is 5.32 Å². The molecular weight excluding hydrogens is 236 g/mol. The molecule has 3 nitrogen and oxygen atoms in total. The summed E-state index contributed by atoms with van der Waals surface area (Å²) < 4.78 is 6.04. The average molecular weight is 264 g/mol. The molecule has 19 heavy (non-hydrogen) atoms. The molecule has 4 rings (SSSR count). The van der Waals surface area contributed by atoms with E-state index in [2.05, 4.69) is 10.2 Å². The van der Waals surface area contributed by atoms with Crippen LogP contribution in [0.3, 0.4) is 0 Å². The smallest absolute Gasteiger partial charge is 0.0697 e. The van der Waals surface area contributed by atoms with Crippen molar-refractivity contribution in [1.82, 2.24) is 10.2 Å². The summed E-state index contributed by atoms with van der Waals surface area (Å²) in [4.78, 5) is 2.72. The van der Waals surface area contributed by atoms with Crippen LogP contribution >= 0.6 is 0 Å². The highest BCUT2D eigenvalue weighted by Crippen LogP contribution is 2.42. The Bertz CT molecular complexity index is 329. The second-order valence-electron chi connectivity index (χ2n) is 7.29. The molecule has 1 spiro atoms. The maximum absolute atomic E-state index is 6.04. The summed E-state index contributed by atoms with van der Waals surface area (Å²) in [7, 11) is 0. The highest BCUT2D eigenvalue weighted by molar-refractivity contribution is 4.98. The van der Waals surface area contributed by atoms with Gasteiger partial charge in [0.2, 0.25) is 0 Å². The van der Waals surface area contributed by atoms with Gasteiger partial charge in [-0.15, -0.1) is 0 Å². The number of piperidine rings is 1. The van der Waals surface area contributed by atoms with E-state index in [1.54, 1.807) is 0 Å². The zero-order valence-electron chi connectivity index (χ0n) is 12.1. The van der Waals surface area contributed by atoms with Crippen LogP contribution in [0.4, 0.5) is 0 Å². The van der Waals surface area contributed by atoms with Gasteiger partial charge >= 0.3 is 0 Å². The number of rotatable bonds is 2. The Labute approximate surface area is 117 Å². The van der Waals surface area contributed by atoms with Gasteiger partial charge in [-0.25, -0.2) is 0 Å². The molecule has 1 saturated carbocycles. The highest BCUT2D eigenvalue weighted by Gasteiger charge is 2.43. The molecule has 1 aliphatic carbocycles. The lowest BCUT2D eigenvalue weighted by atomic mass is 9.73. The van der Waals surface area contributed by atoms with E-state index >= 15 is 0 Å². The quantitative estimate of drug-likeness (QED) is 0.828. The minimum atomic E-state index is 0.296. The molecule has 3 saturated heterocycles. The topological polar surface area (TPSA) is 24.5 Å². The van der Waals surface area contributed by atoms with Gasteiger partial charge in [-0.2, -0.15) is 0 Å². The van der Waals surface area contributed by atoms with Crippen LogP contribution in [-0.4, -0.2) is 48.3 Å². The largest absolute Gasteiger partial charge is 0.375 e. The Morgan fingerprint density at radius 2 is 1.95 bits per heavy atom. The molecule has 0 aromatic carbocycles. The molecule has 0 radical (unpaired) electrons. The summed E-state index contributed by atoms with van der Waals surface area (Å²) in [6, 6.07) is 2.40. The van der Waals surface area contributed by atoms with Crippen molar-refractivity contribution in [1.29, 1.82) is 0 Å². The predicted molar refractivity (Wildman–Crippen MR) is 76.3 cm³/mol. The van der Waals surface area contributed by atoms with Gasteiger partial charge in [-0.3, -0.25) is 0 Å². The van der Waals surface area contributed by atoms with E-state index in [4.69, 9.17) is 4.74 Å². The van der Waals surface area contributed by atoms with Gasteiger partial charge in [0, 0.05) is 24.7 Å². The molecule has 3 heteroatoms. The van der Waals surface area contributed by atoms with Crippen LogP contribution in [0.15, 0.2) is 0 Å². The minimum absolute atomic E-state index is 0.296. The number of nitrogens with zero attached hydrogens (tertiary/aromatic N) is 1. The van der Waals surface area contributed by atoms with E-state index in [0.717, 1.165) is 24.7 Å². The lowest BCUT2D eigenvalue weighted by molar-refractivity contribution is -0.136. The Kier molecular flexibility index (Phi) is 3.33. The van der Waals surface area contributed by atoms with Crippen LogP contribution in [0.5, 0.6) is 0 Å². The molecule has 1 N–H and O–H groups in total. The third kappa shape index (κ3) is 2.45. The fourth-order valence-electron chi connectivity index (χ4n) is 4.80. The molecule has 0 aromatic rings. The molecule has 4 fully saturated rings. The fraction of sp³-hybridized carbons (Fsp3) is 1.00. The summed E-state index contributed by atoms with van der Waals surface area (Å²) in [5.74, 6) is 0. The standard InChI is InChI=1S/C16H28N2O/c1-3-15-11-13(4-9-18(15)8-1)17-14-5-10-19-16(12-14)6-2-7-16/h13-15,17H,1-12H2. The number of fused-ring (bicyclic) bond motifs is 1. The first-order valence-corrected chi connectivity index (χ1v) is 8.47. The Hall–Kier alpha value is -0.120. The van der Waals surface area contributed by atoms with Crippen molar-refractivity contribution < 1.29 is 4.74 Å². The molecule has 3 heterocycles. The van der Waals surface area contributed by atoms with E-state index in [-0.39, 0.29) is 0 Å². The molecule has 4 aliphatic rings. The molecule has 0 aromatic heterocycles. The molecule has 0 bridgehead atoms. The lowest BCUT2D eigenvalue weighted by Crippen LogP contribution is -2.55. The van der Waals surface area contributed by atoms with Crippen LogP contribution in [0.1, 0.15) is 57.8 Å². The Morgan fingerprint density at radius 3 is 2.79 bits per heavy atom. The molecule has 108 valence electrons. The normalized spacial score (nSPS) is 42.0. The van der Waals surface area contributed by atoms with E-state index in [0.29, 0.717) is 5.60 Å². The number of hydrogen-bond acceptors (Lipinski definition) is 3. The van der Waals surface area contributed by atoms with Crippen LogP contribution in [0, 0.1) is 0 Å². The van der Waals surface area contributed by atoms with Crippen LogP contribution in [-0.2, 0) is 4.74 Å². The number of hydrogen-bond donors (Lipinski definition) is 1. The van der Waals surface area contributed by atoms with E-state index in [1.807, 2.05) is 0 Å². The van der Waals surface area contributed by atoms with Crippen molar-refractivity contribution in [2.75, 3.05) is 19.7 Å². The number of ether oxygens (including phenoxy) is 1. The second kappa shape index (κ2) is 5.01. The van der Waals surface area contributed by atoms with E-state index in [9.17, 15) is 0 Å². The van der Waals surface area contributed by atoms with Gasteiger partial charge in [0.25, 0.3) is 0 Å². The van der Waals surface area contributed by atoms with E-state index < -0.39 is 0 Å². The van der Waals surface area contributed by atoms with Crippen molar-refractivity contribution in [2.24, 2.45) is 0 Å². The van der Waals surface area contributed by atoms with Gasteiger partial charge in [-0.1, -0.05) is 0 Å². The van der Waals surface area contributed by atoms with Crippen molar-refractivity contribution in [3.05, 3.63) is 0 Å². The molecule has 3 aliphatic heterocycles. The summed E-state index contributed by atoms with van der Waals surface area (Å²) in [5.41, 5.74) is 0.296. The number of nitrogens with one attached hydrogen (secondary N) is 1. The lowest BCUT2D eigenvalue weighted by Gasteiger charge is -2.48. The average Bonchev–Trinajstić information content (AvgIpc) is 2.85.